The predicted octanol–water partition coefficient (Wildman–Crippen LogP) is 3.76. The quantitative estimate of drug-likeness (QED) is 0.917. The van der Waals surface area contributed by atoms with E-state index < -0.39 is 11.5 Å². The van der Waals surface area contributed by atoms with Gasteiger partial charge in [-0.1, -0.05) is 46.3 Å². The van der Waals surface area contributed by atoms with Crippen LogP contribution in [-0.4, -0.2) is 6.54 Å². The molecule has 0 radical (unpaired) electrons. The average molecular weight is 312 g/mol. The number of alkyl halides is 1. The van der Waals surface area contributed by atoms with Crippen LogP contribution in [0.1, 0.15) is 11.1 Å². The molecule has 0 heterocycles. The largest absolute Gasteiger partial charge is 0.327 e. The van der Waals surface area contributed by atoms with E-state index >= 15 is 4.39 Å². The van der Waals surface area contributed by atoms with Crippen molar-refractivity contribution in [3.63, 3.8) is 0 Å². The van der Waals surface area contributed by atoms with Gasteiger partial charge in [-0.25, -0.2) is 8.78 Å². The van der Waals surface area contributed by atoms with Crippen LogP contribution in [0.5, 0.6) is 0 Å². The Labute approximate surface area is 113 Å². The Morgan fingerprint density at radius 3 is 2.39 bits per heavy atom. The fourth-order valence-electron chi connectivity index (χ4n) is 1.89. The molecule has 1 nitrogen and oxygen atoms in total. The topological polar surface area (TPSA) is 26.0 Å². The first kappa shape index (κ1) is 13.2. The second-order valence-corrected chi connectivity index (χ2v) is 4.91. The lowest BCUT2D eigenvalue weighted by Gasteiger charge is -2.25. The molecule has 1 unspecified atom stereocenters. The molecule has 0 saturated heterocycles. The Morgan fingerprint density at radius 2 is 1.78 bits per heavy atom. The molecule has 0 amide bonds. The Kier molecular flexibility index (Phi) is 3.78. The molecule has 2 aromatic carbocycles. The van der Waals surface area contributed by atoms with E-state index in [1.165, 1.54) is 18.2 Å². The van der Waals surface area contributed by atoms with Gasteiger partial charge in [-0.15, -0.1) is 0 Å². The summed E-state index contributed by atoms with van der Waals surface area (Å²) in [5.41, 5.74) is 3.82. The second kappa shape index (κ2) is 5.16. The van der Waals surface area contributed by atoms with Gasteiger partial charge in [-0.2, -0.15) is 0 Å². The van der Waals surface area contributed by atoms with Crippen LogP contribution in [0.15, 0.2) is 53.0 Å². The summed E-state index contributed by atoms with van der Waals surface area (Å²) in [4.78, 5) is 0. The molecule has 1 atom stereocenters. The van der Waals surface area contributed by atoms with Crippen LogP contribution < -0.4 is 5.73 Å². The van der Waals surface area contributed by atoms with Crippen molar-refractivity contribution >= 4 is 15.9 Å². The van der Waals surface area contributed by atoms with Gasteiger partial charge in [0.15, 0.2) is 5.67 Å². The van der Waals surface area contributed by atoms with Crippen molar-refractivity contribution in [2.45, 2.75) is 5.67 Å². The number of benzene rings is 2. The summed E-state index contributed by atoms with van der Waals surface area (Å²) in [7, 11) is 0. The third kappa shape index (κ3) is 2.31. The molecule has 94 valence electrons. The molecule has 2 rings (SSSR count). The van der Waals surface area contributed by atoms with Crippen LogP contribution in [-0.2, 0) is 5.67 Å². The zero-order chi connectivity index (χ0) is 13.2. The summed E-state index contributed by atoms with van der Waals surface area (Å²) in [6.07, 6.45) is 0. The van der Waals surface area contributed by atoms with Gasteiger partial charge in [0.05, 0.1) is 0 Å². The lowest BCUT2D eigenvalue weighted by molar-refractivity contribution is 0.225. The molecule has 0 aliphatic heterocycles. The van der Waals surface area contributed by atoms with Crippen molar-refractivity contribution in [2.75, 3.05) is 6.54 Å². The summed E-state index contributed by atoms with van der Waals surface area (Å²) in [5, 5.41) is 0. The van der Waals surface area contributed by atoms with Gasteiger partial charge in [0.1, 0.15) is 5.82 Å². The molecular weight excluding hydrogens is 300 g/mol. The van der Waals surface area contributed by atoms with Gasteiger partial charge in [-0.3, -0.25) is 0 Å². The zero-order valence-electron chi connectivity index (χ0n) is 9.54. The summed E-state index contributed by atoms with van der Waals surface area (Å²) >= 11 is 3.22. The standard InChI is InChI=1S/C14H12BrF2N/c15-11-6-7-13(16)12(8-11)14(17,9-18)10-4-2-1-3-5-10/h1-8H,9,18H2. The van der Waals surface area contributed by atoms with Crippen LogP contribution in [0, 0.1) is 5.82 Å². The first-order valence-corrected chi connectivity index (χ1v) is 6.27. The molecular formula is C14H12BrF2N. The molecule has 0 aromatic heterocycles. The van der Waals surface area contributed by atoms with E-state index in [-0.39, 0.29) is 12.1 Å². The van der Waals surface area contributed by atoms with Gasteiger partial charge in [-0.05, 0) is 23.8 Å². The van der Waals surface area contributed by atoms with E-state index in [2.05, 4.69) is 15.9 Å². The smallest absolute Gasteiger partial charge is 0.176 e. The van der Waals surface area contributed by atoms with Crippen LogP contribution in [0.25, 0.3) is 0 Å². The number of nitrogens with two attached hydrogens (primary N) is 1. The normalized spacial score (nSPS) is 14.2. The highest BCUT2D eigenvalue weighted by atomic mass is 79.9. The SMILES string of the molecule is NCC(F)(c1ccccc1)c1cc(Br)ccc1F. The fraction of sp³-hybridized carbons (Fsp3) is 0.143. The van der Waals surface area contributed by atoms with Crippen LogP contribution in [0.2, 0.25) is 0 Å². The molecule has 0 spiro atoms. The molecule has 0 aliphatic carbocycles. The van der Waals surface area contributed by atoms with Crippen molar-refractivity contribution in [1.29, 1.82) is 0 Å². The van der Waals surface area contributed by atoms with Crippen molar-refractivity contribution in [2.24, 2.45) is 5.73 Å². The molecule has 18 heavy (non-hydrogen) atoms. The van der Waals surface area contributed by atoms with Crippen molar-refractivity contribution in [1.82, 2.24) is 0 Å². The zero-order valence-corrected chi connectivity index (χ0v) is 11.1. The highest BCUT2D eigenvalue weighted by molar-refractivity contribution is 9.10. The highest BCUT2D eigenvalue weighted by Gasteiger charge is 2.35. The maximum absolute atomic E-state index is 15.0. The van der Waals surface area contributed by atoms with E-state index in [0.717, 1.165) is 0 Å². The maximum atomic E-state index is 15.0. The average Bonchev–Trinajstić information content (AvgIpc) is 2.41. The van der Waals surface area contributed by atoms with E-state index in [1.807, 2.05) is 0 Å². The van der Waals surface area contributed by atoms with E-state index in [9.17, 15) is 4.39 Å². The maximum Gasteiger partial charge on any atom is 0.176 e. The Bertz CT molecular complexity index is 545. The van der Waals surface area contributed by atoms with Gasteiger partial charge < -0.3 is 5.73 Å². The Morgan fingerprint density at radius 1 is 1.11 bits per heavy atom. The summed E-state index contributed by atoms with van der Waals surface area (Å²) in [5.74, 6) is -0.602. The van der Waals surface area contributed by atoms with Crippen LogP contribution >= 0.6 is 15.9 Å². The molecule has 0 aliphatic rings. The third-order valence-corrected chi connectivity index (χ3v) is 3.36. The second-order valence-electron chi connectivity index (χ2n) is 4.00. The van der Waals surface area contributed by atoms with E-state index in [0.29, 0.717) is 10.0 Å². The van der Waals surface area contributed by atoms with Crippen LogP contribution in [0.4, 0.5) is 8.78 Å². The van der Waals surface area contributed by atoms with Gasteiger partial charge in [0.25, 0.3) is 0 Å². The monoisotopic (exact) mass is 311 g/mol. The first-order chi connectivity index (χ1) is 8.58. The predicted molar refractivity (Wildman–Crippen MR) is 71.5 cm³/mol. The molecule has 0 fully saturated rings. The van der Waals surface area contributed by atoms with Crippen molar-refractivity contribution in [3.05, 3.63) is 69.9 Å². The van der Waals surface area contributed by atoms with Crippen LogP contribution in [0.3, 0.4) is 0 Å². The lowest BCUT2D eigenvalue weighted by Crippen LogP contribution is -2.32. The number of hydrogen-bond donors (Lipinski definition) is 1. The first-order valence-electron chi connectivity index (χ1n) is 5.48. The Balaban J connectivity index is 2.60. The molecule has 2 N–H and O–H groups in total. The van der Waals surface area contributed by atoms with Gasteiger partial charge in [0.2, 0.25) is 0 Å². The molecule has 0 bridgehead atoms. The number of hydrogen-bond acceptors (Lipinski definition) is 1. The fourth-order valence-corrected chi connectivity index (χ4v) is 2.25. The molecule has 4 heteroatoms. The van der Waals surface area contributed by atoms with E-state index in [1.54, 1.807) is 30.3 Å². The number of rotatable bonds is 3. The third-order valence-electron chi connectivity index (χ3n) is 2.87. The van der Waals surface area contributed by atoms with Crippen molar-refractivity contribution in [3.8, 4) is 0 Å². The highest BCUT2D eigenvalue weighted by Crippen LogP contribution is 2.35. The Hall–Kier alpha value is -1.26. The minimum absolute atomic E-state index is 0.0504. The summed E-state index contributed by atoms with van der Waals surface area (Å²) < 4.78 is 29.5. The van der Waals surface area contributed by atoms with Gasteiger partial charge >= 0.3 is 0 Å². The van der Waals surface area contributed by atoms with Crippen molar-refractivity contribution < 1.29 is 8.78 Å². The minimum atomic E-state index is -2.02. The number of halogens is 3. The minimum Gasteiger partial charge on any atom is -0.327 e. The summed E-state index contributed by atoms with van der Waals surface area (Å²) in [6.45, 7) is -0.315. The molecule has 0 saturated carbocycles. The lowest BCUT2D eigenvalue weighted by atomic mass is 9.88. The summed E-state index contributed by atoms with van der Waals surface area (Å²) in [6, 6.07) is 12.6. The molecule has 2 aromatic rings. The van der Waals surface area contributed by atoms with Gasteiger partial charge in [0, 0.05) is 16.6 Å². The van der Waals surface area contributed by atoms with E-state index in [4.69, 9.17) is 5.73 Å².